The molecule has 0 aromatic heterocycles. The lowest BCUT2D eigenvalue weighted by atomic mass is 9.96. The minimum atomic E-state index is 0. The highest BCUT2D eigenvalue weighted by Crippen LogP contribution is 2.20. The number of rotatable bonds is 5. The maximum Gasteiger partial charge on any atom is 0.253 e. The molecular formula is C19H31Cl2N3O. The molecule has 1 aromatic carbocycles. The van der Waals surface area contributed by atoms with Gasteiger partial charge in [0.05, 0.1) is 0 Å². The molecular weight excluding hydrogens is 357 g/mol. The van der Waals surface area contributed by atoms with E-state index in [2.05, 4.69) is 22.3 Å². The van der Waals surface area contributed by atoms with Gasteiger partial charge in [-0.05, 0) is 76.0 Å². The summed E-state index contributed by atoms with van der Waals surface area (Å²) >= 11 is 0. The topological polar surface area (TPSA) is 35.6 Å². The molecule has 2 aliphatic rings. The Kier molecular flexibility index (Phi) is 9.80. The first kappa shape index (κ1) is 22.2. The fraction of sp³-hybridized carbons (Fsp3) is 0.632. The Labute approximate surface area is 164 Å². The maximum absolute atomic E-state index is 12.8. The Morgan fingerprint density at radius 2 is 1.80 bits per heavy atom. The molecule has 0 aliphatic carbocycles. The Morgan fingerprint density at radius 1 is 1.12 bits per heavy atom. The summed E-state index contributed by atoms with van der Waals surface area (Å²) in [6, 6.07) is 8.25. The molecule has 142 valence electrons. The van der Waals surface area contributed by atoms with E-state index in [1.165, 1.54) is 31.5 Å². The van der Waals surface area contributed by atoms with Crippen molar-refractivity contribution in [2.75, 3.05) is 39.8 Å². The van der Waals surface area contributed by atoms with Crippen molar-refractivity contribution in [3.8, 4) is 0 Å². The SMILES string of the molecule is CNCC1CCN(C(=O)c2cccc(CN3CCCC3)c2)CC1.Cl.Cl. The van der Waals surface area contributed by atoms with Gasteiger partial charge < -0.3 is 10.2 Å². The Hall–Kier alpha value is -0.810. The Morgan fingerprint density at radius 3 is 2.44 bits per heavy atom. The van der Waals surface area contributed by atoms with Gasteiger partial charge in [-0.15, -0.1) is 24.8 Å². The molecule has 6 heteroatoms. The van der Waals surface area contributed by atoms with Crippen molar-refractivity contribution in [1.82, 2.24) is 15.1 Å². The summed E-state index contributed by atoms with van der Waals surface area (Å²) in [6.45, 7) is 6.20. The minimum absolute atomic E-state index is 0. The fourth-order valence-electron chi connectivity index (χ4n) is 3.81. The van der Waals surface area contributed by atoms with E-state index in [4.69, 9.17) is 0 Å². The fourth-order valence-corrected chi connectivity index (χ4v) is 3.81. The molecule has 2 fully saturated rings. The third-order valence-electron chi connectivity index (χ3n) is 5.17. The summed E-state index contributed by atoms with van der Waals surface area (Å²) in [6.07, 6.45) is 4.83. The van der Waals surface area contributed by atoms with Crippen LogP contribution < -0.4 is 5.32 Å². The number of halogens is 2. The van der Waals surface area contributed by atoms with Crippen LogP contribution in [-0.2, 0) is 6.54 Å². The normalized spacial score (nSPS) is 18.5. The standard InChI is InChI=1S/C19H29N3O.2ClH/c1-20-14-16-7-11-22(12-8-16)19(23)18-6-4-5-17(13-18)15-21-9-2-3-10-21;;/h4-6,13,16,20H,2-3,7-12,14-15H2,1H3;2*1H. The van der Waals surface area contributed by atoms with E-state index in [0.29, 0.717) is 5.92 Å². The van der Waals surface area contributed by atoms with E-state index >= 15 is 0 Å². The lowest BCUT2D eigenvalue weighted by Gasteiger charge is -2.32. The van der Waals surface area contributed by atoms with Crippen molar-refractivity contribution in [3.05, 3.63) is 35.4 Å². The van der Waals surface area contributed by atoms with Crippen molar-refractivity contribution in [3.63, 3.8) is 0 Å². The number of nitrogens with zero attached hydrogens (tertiary/aromatic N) is 2. The quantitative estimate of drug-likeness (QED) is 0.842. The first-order valence-electron chi connectivity index (χ1n) is 9.01. The lowest BCUT2D eigenvalue weighted by Crippen LogP contribution is -2.40. The summed E-state index contributed by atoms with van der Waals surface area (Å²) in [5, 5.41) is 3.25. The minimum Gasteiger partial charge on any atom is -0.339 e. The molecule has 1 N–H and O–H groups in total. The van der Waals surface area contributed by atoms with Crippen LogP contribution in [0.25, 0.3) is 0 Å². The molecule has 2 heterocycles. The number of hydrogen-bond acceptors (Lipinski definition) is 3. The molecule has 0 radical (unpaired) electrons. The summed E-state index contributed by atoms with van der Waals surface area (Å²) in [4.78, 5) is 17.3. The molecule has 1 amide bonds. The van der Waals surface area contributed by atoms with Crippen LogP contribution in [0.15, 0.2) is 24.3 Å². The number of hydrogen-bond donors (Lipinski definition) is 1. The smallest absolute Gasteiger partial charge is 0.253 e. The van der Waals surface area contributed by atoms with E-state index in [0.717, 1.165) is 44.6 Å². The van der Waals surface area contributed by atoms with Gasteiger partial charge in [-0.2, -0.15) is 0 Å². The second kappa shape index (κ2) is 11.0. The molecule has 25 heavy (non-hydrogen) atoms. The molecule has 1 aromatic rings. The van der Waals surface area contributed by atoms with E-state index < -0.39 is 0 Å². The van der Waals surface area contributed by atoms with Crippen LogP contribution in [-0.4, -0.2) is 55.5 Å². The van der Waals surface area contributed by atoms with E-state index in [9.17, 15) is 4.79 Å². The van der Waals surface area contributed by atoms with E-state index in [-0.39, 0.29) is 30.7 Å². The summed E-state index contributed by atoms with van der Waals surface area (Å²) in [7, 11) is 2.00. The van der Waals surface area contributed by atoms with Gasteiger partial charge in [0, 0.05) is 25.2 Å². The zero-order valence-corrected chi connectivity index (χ0v) is 16.7. The van der Waals surface area contributed by atoms with Gasteiger partial charge in [0.15, 0.2) is 0 Å². The molecule has 4 nitrogen and oxygen atoms in total. The van der Waals surface area contributed by atoms with E-state index in [1.807, 2.05) is 24.1 Å². The van der Waals surface area contributed by atoms with Crippen LogP contribution in [0.4, 0.5) is 0 Å². The van der Waals surface area contributed by atoms with Crippen molar-refractivity contribution in [2.45, 2.75) is 32.2 Å². The zero-order chi connectivity index (χ0) is 16.1. The van der Waals surface area contributed by atoms with Gasteiger partial charge in [-0.25, -0.2) is 0 Å². The highest BCUT2D eigenvalue weighted by molar-refractivity contribution is 5.94. The van der Waals surface area contributed by atoms with Gasteiger partial charge in [0.1, 0.15) is 0 Å². The second-order valence-electron chi connectivity index (χ2n) is 6.98. The van der Waals surface area contributed by atoms with Crippen molar-refractivity contribution < 1.29 is 4.79 Å². The van der Waals surface area contributed by atoms with Crippen molar-refractivity contribution in [2.24, 2.45) is 5.92 Å². The number of nitrogens with one attached hydrogen (secondary N) is 1. The molecule has 0 bridgehead atoms. The average Bonchev–Trinajstić information content (AvgIpc) is 3.08. The van der Waals surface area contributed by atoms with Crippen LogP contribution >= 0.6 is 24.8 Å². The molecule has 0 saturated carbocycles. The number of benzene rings is 1. The predicted octanol–water partition coefficient (Wildman–Crippen LogP) is 3.20. The van der Waals surface area contributed by atoms with Crippen LogP contribution in [0.1, 0.15) is 41.6 Å². The third kappa shape index (κ3) is 6.14. The summed E-state index contributed by atoms with van der Waals surface area (Å²) in [5.41, 5.74) is 2.12. The van der Waals surface area contributed by atoms with Crippen molar-refractivity contribution in [1.29, 1.82) is 0 Å². The Bertz CT molecular complexity index is 527. The highest BCUT2D eigenvalue weighted by Gasteiger charge is 2.23. The number of carbonyl (C=O) groups is 1. The summed E-state index contributed by atoms with van der Waals surface area (Å²) in [5.74, 6) is 0.918. The lowest BCUT2D eigenvalue weighted by molar-refractivity contribution is 0.0690. The number of piperidine rings is 1. The van der Waals surface area contributed by atoms with Crippen LogP contribution in [0.2, 0.25) is 0 Å². The number of likely N-dealkylation sites (tertiary alicyclic amines) is 2. The van der Waals surface area contributed by atoms with Crippen LogP contribution in [0, 0.1) is 5.92 Å². The van der Waals surface area contributed by atoms with Gasteiger partial charge in [-0.1, -0.05) is 12.1 Å². The largest absolute Gasteiger partial charge is 0.339 e. The Balaban J connectivity index is 0.00000156. The second-order valence-corrected chi connectivity index (χ2v) is 6.98. The number of carbonyl (C=O) groups excluding carboxylic acids is 1. The molecule has 0 spiro atoms. The van der Waals surface area contributed by atoms with Gasteiger partial charge in [0.2, 0.25) is 0 Å². The monoisotopic (exact) mass is 387 g/mol. The van der Waals surface area contributed by atoms with Gasteiger partial charge in [-0.3, -0.25) is 9.69 Å². The zero-order valence-electron chi connectivity index (χ0n) is 15.1. The van der Waals surface area contributed by atoms with Crippen molar-refractivity contribution >= 4 is 30.7 Å². The molecule has 0 unspecified atom stereocenters. The average molecular weight is 388 g/mol. The molecule has 2 aliphatic heterocycles. The molecule has 0 atom stereocenters. The van der Waals surface area contributed by atoms with Crippen LogP contribution in [0.3, 0.4) is 0 Å². The van der Waals surface area contributed by atoms with Gasteiger partial charge >= 0.3 is 0 Å². The summed E-state index contributed by atoms with van der Waals surface area (Å²) < 4.78 is 0. The molecule has 2 saturated heterocycles. The predicted molar refractivity (Wildman–Crippen MR) is 108 cm³/mol. The third-order valence-corrected chi connectivity index (χ3v) is 5.17. The van der Waals surface area contributed by atoms with E-state index in [1.54, 1.807) is 0 Å². The first-order chi connectivity index (χ1) is 11.3. The van der Waals surface area contributed by atoms with Crippen LogP contribution in [0.5, 0.6) is 0 Å². The van der Waals surface area contributed by atoms with Gasteiger partial charge in [0.25, 0.3) is 5.91 Å². The molecule has 3 rings (SSSR count). The highest BCUT2D eigenvalue weighted by atomic mass is 35.5. The maximum atomic E-state index is 12.8. The number of amides is 1. The first-order valence-corrected chi connectivity index (χ1v) is 9.01.